The van der Waals surface area contributed by atoms with Crippen LogP contribution < -0.4 is 10.1 Å². The van der Waals surface area contributed by atoms with Crippen molar-refractivity contribution in [3.63, 3.8) is 0 Å². The zero-order valence-electron chi connectivity index (χ0n) is 16.4. The molecule has 0 radical (unpaired) electrons. The van der Waals surface area contributed by atoms with Gasteiger partial charge in [-0.25, -0.2) is 9.18 Å². The highest BCUT2D eigenvalue weighted by Gasteiger charge is 2.19. The van der Waals surface area contributed by atoms with Crippen molar-refractivity contribution < 1.29 is 13.9 Å². The molecule has 2 amide bonds. The number of amides is 2. The van der Waals surface area contributed by atoms with E-state index in [0.717, 1.165) is 16.9 Å². The van der Waals surface area contributed by atoms with Crippen LogP contribution in [0.3, 0.4) is 0 Å². The Hall–Kier alpha value is -2.60. The van der Waals surface area contributed by atoms with Crippen molar-refractivity contribution in [2.75, 3.05) is 41.3 Å². The predicted octanol–water partition coefficient (Wildman–Crippen LogP) is 3.32. The average Bonchev–Trinajstić information content (AvgIpc) is 2.67. The van der Waals surface area contributed by atoms with Crippen molar-refractivity contribution in [2.24, 2.45) is 0 Å². The first kappa shape index (κ1) is 20.7. The van der Waals surface area contributed by atoms with Gasteiger partial charge in [-0.1, -0.05) is 30.3 Å². The number of benzene rings is 2. The van der Waals surface area contributed by atoms with E-state index in [1.54, 1.807) is 31.2 Å². The van der Waals surface area contributed by atoms with Crippen molar-refractivity contribution in [3.8, 4) is 5.75 Å². The number of nitrogens with zero attached hydrogens (tertiary/aromatic N) is 2. The van der Waals surface area contributed by atoms with E-state index in [1.807, 2.05) is 38.4 Å². The summed E-state index contributed by atoms with van der Waals surface area (Å²) in [6.45, 7) is 1.02. The molecule has 1 unspecified atom stereocenters. The van der Waals surface area contributed by atoms with Gasteiger partial charge >= 0.3 is 6.03 Å². The second kappa shape index (κ2) is 9.92. The normalized spacial score (nSPS) is 11.9. The molecule has 5 nitrogen and oxygen atoms in total. The van der Waals surface area contributed by atoms with Gasteiger partial charge in [0.25, 0.3) is 0 Å². The number of urea groups is 1. The monoisotopic (exact) mass is 373 g/mol. The minimum atomic E-state index is -0.254. The van der Waals surface area contributed by atoms with E-state index >= 15 is 0 Å². The van der Waals surface area contributed by atoms with Crippen LogP contribution in [0.1, 0.15) is 17.2 Å². The van der Waals surface area contributed by atoms with Gasteiger partial charge in [0.15, 0.2) is 0 Å². The molecule has 1 atom stereocenters. The molecular weight excluding hydrogens is 345 g/mol. The highest BCUT2D eigenvalue weighted by molar-refractivity contribution is 5.73. The Kier molecular flexibility index (Phi) is 7.61. The maximum Gasteiger partial charge on any atom is 0.317 e. The zero-order valence-corrected chi connectivity index (χ0v) is 16.4. The van der Waals surface area contributed by atoms with Crippen molar-refractivity contribution in [3.05, 3.63) is 65.5 Å². The first-order valence-electron chi connectivity index (χ1n) is 8.95. The largest absolute Gasteiger partial charge is 0.496 e. The minimum absolute atomic E-state index is 0.00408. The molecule has 0 fully saturated rings. The number of rotatable bonds is 8. The van der Waals surface area contributed by atoms with Crippen LogP contribution in [0.5, 0.6) is 5.75 Å². The van der Waals surface area contributed by atoms with Crippen LogP contribution in [0.2, 0.25) is 0 Å². The lowest BCUT2D eigenvalue weighted by Crippen LogP contribution is -2.42. The molecule has 0 aliphatic rings. The summed E-state index contributed by atoms with van der Waals surface area (Å²) in [5.74, 6) is 0.547. The second-order valence-corrected chi connectivity index (χ2v) is 6.71. The molecule has 2 aromatic carbocycles. The van der Waals surface area contributed by atoms with Crippen molar-refractivity contribution in [1.29, 1.82) is 0 Å². The Morgan fingerprint density at radius 2 is 1.78 bits per heavy atom. The van der Waals surface area contributed by atoms with Crippen LogP contribution in [-0.2, 0) is 6.42 Å². The van der Waals surface area contributed by atoms with Gasteiger partial charge in [-0.05, 0) is 44.3 Å². The Labute approximate surface area is 160 Å². The molecule has 0 aliphatic heterocycles. The fourth-order valence-electron chi connectivity index (χ4n) is 2.88. The third kappa shape index (κ3) is 5.96. The van der Waals surface area contributed by atoms with Crippen molar-refractivity contribution in [1.82, 2.24) is 15.1 Å². The van der Waals surface area contributed by atoms with Crippen LogP contribution >= 0.6 is 0 Å². The molecule has 0 saturated carbocycles. The van der Waals surface area contributed by atoms with E-state index in [9.17, 15) is 9.18 Å². The topological polar surface area (TPSA) is 44.8 Å². The summed E-state index contributed by atoms with van der Waals surface area (Å²) in [4.78, 5) is 16.1. The lowest BCUT2D eigenvalue weighted by Gasteiger charge is -2.27. The van der Waals surface area contributed by atoms with Gasteiger partial charge in [-0.15, -0.1) is 0 Å². The summed E-state index contributed by atoms with van der Waals surface area (Å²) in [6, 6.07) is 14.0. The molecule has 0 spiro atoms. The number of para-hydroxylation sites is 1. The first-order valence-corrected chi connectivity index (χ1v) is 8.95. The Morgan fingerprint density at radius 3 is 2.41 bits per heavy atom. The predicted molar refractivity (Wildman–Crippen MR) is 106 cm³/mol. The van der Waals surface area contributed by atoms with E-state index in [4.69, 9.17) is 4.74 Å². The quantitative estimate of drug-likeness (QED) is 0.772. The molecule has 146 valence electrons. The minimum Gasteiger partial charge on any atom is -0.496 e. The van der Waals surface area contributed by atoms with E-state index in [-0.39, 0.29) is 17.9 Å². The molecule has 0 heterocycles. The molecule has 2 rings (SSSR count). The Bertz CT molecular complexity index is 734. The van der Waals surface area contributed by atoms with Gasteiger partial charge in [0.1, 0.15) is 11.6 Å². The SMILES string of the molecule is COc1ccccc1C(CNC(=O)N(C)CCc1ccc(F)cc1)N(C)C. The Balaban J connectivity index is 1.92. The molecule has 27 heavy (non-hydrogen) atoms. The van der Waals surface area contributed by atoms with Gasteiger partial charge in [-0.2, -0.15) is 0 Å². The fourth-order valence-corrected chi connectivity index (χ4v) is 2.88. The van der Waals surface area contributed by atoms with Crippen molar-refractivity contribution in [2.45, 2.75) is 12.5 Å². The zero-order chi connectivity index (χ0) is 19.8. The highest BCUT2D eigenvalue weighted by atomic mass is 19.1. The summed E-state index contributed by atoms with van der Waals surface area (Å²) in [7, 11) is 7.35. The standard InChI is InChI=1S/C21H28FN3O2/c1-24(2)19(18-7-5-6-8-20(18)27-4)15-23-21(26)25(3)14-13-16-9-11-17(22)12-10-16/h5-12,19H,13-15H2,1-4H3,(H,23,26). The molecule has 6 heteroatoms. The third-order valence-electron chi connectivity index (χ3n) is 4.56. The number of carbonyl (C=O) groups is 1. The Morgan fingerprint density at radius 1 is 1.11 bits per heavy atom. The van der Waals surface area contributed by atoms with Gasteiger partial charge in [0, 0.05) is 25.7 Å². The summed E-state index contributed by atoms with van der Waals surface area (Å²) in [6.07, 6.45) is 0.674. The summed E-state index contributed by atoms with van der Waals surface area (Å²) in [5.41, 5.74) is 2.02. The van der Waals surface area contributed by atoms with Crippen LogP contribution in [0.25, 0.3) is 0 Å². The number of halogens is 1. The molecule has 2 aromatic rings. The van der Waals surface area contributed by atoms with E-state index in [1.165, 1.54) is 12.1 Å². The van der Waals surface area contributed by atoms with E-state index in [2.05, 4.69) is 10.2 Å². The molecule has 1 N–H and O–H groups in total. The lowest BCUT2D eigenvalue weighted by molar-refractivity contribution is 0.202. The van der Waals surface area contributed by atoms with Gasteiger partial charge in [-0.3, -0.25) is 0 Å². The van der Waals surface area contributed by atoms with Crippen LogP contribution in [-0.4, -0.2) is 57.2 Å². The number of nitrogens with one attached hydrogen (secondary N) is 1. The molecule has 0 aliphatic carbocycles. The van der Waals surface area contributed by atoms with Crippen LogP contribution in [0.15, 0.2) is 48.5 Å². The number of carbonyl (C=O) groups excluding carboxylic acids is 1. The van der Waals surface area contributed by atoms with Crippen molar-refractivity contribution >= 4 is 6.03 Å². The number of methoxy groups -OCH3 is 1. The lowest BCUT2D eigenvalue weighted by atomic mass is 10.0. The summed E-state index contributed by atoms with van der Waals surface area (Å²) >= 11 is 0. The molecule has 0 saturated heterocycles. The number of ether oxygens (including phenoxy) is 1. The smallest absolute Gasteiger partial charge is 0.317 e. The van der Waals surface area contributed by atoms with E-state index in [0.29, 0.717) is 19.5 Å². The van der Waals surface area contributed by atoms with Crippen LogP contribution in [0.4, 0.5) is 9.18 Å². The van der Waals surface area contributed by atoms with Gasteiger partial charge < -0.3 is 19.9 Å². The number of likely N-dealkylation sites (N-methyl/N-ethyl adjacent to an activating group) is 2. The number of hydrogen-bond acceptors (Lipinski definition) is 3. The van der Waals surface area contributed by atoms with E-state index < -0.39 is 0 Å². The summed E-state index contributed by atoms with van der Waals surface area (Å²) < 4.78 is 18.4. The third-order valence-corrected chi connectivity index (χ3v) is 4.56. The average molecular weight is 373 g/mol. The molecule has 0 aromatic heterocycles. The second-order valence-electron chi connectivity index (χ2n) is 6.71. The fraction of sp³-hybridized carbons (Fsp3) is 0.381. The maximum atomic E-state index is 13.0. The van der Waals surface area contributed by atoms with Crippen LogP contribution in [0, 0.1) is 5.82 Å². The van der Waals surface area contributed by atoms with Gasteiger partial charge in [0.2, 0.25) is 0 Å². The number of hydrogen-bond donors (Lipinski definition) is 1. The van der Waals surface area contributed by atoms with Gasteiger partial charge in [0.05, 0.1) is 13.2 Å². The highest BCUT2D eigenvalue weighted by Crippen LogP contribution is 2.27. The molecule has 0 bridgehead atoms. The molecular formula is C21H28FN3O2. The summed E-state index contributed by atoms with van der Waals surface area (Å²) in [5, 5.41) is 2.99. The maximum absolute atomic E-state index is 13.0. The first-order chi connectivity index (χ1) is 12.9.